The fourth-order valence-electron chi connectivity index (χ4n) is 2.91. The Labute approximate surface area is 176 Å². The Hall–Kier alpha value is -3.66. The van der Waals surface area contributed by atoms with Crippen LogP contribution in [-0.2, 0) is 0 Å². The van der Waals surface area contributed by atoms with Gasteiger partial charge in [0.2, 0.25) is 0 Å². The molecule has 0 aliphatic rings. The molecule has 0 fully saturated rings. The third kappa shape index (κ3) is 4.18. The number of rotatable bonds is 7. The van der Waals surface area contributed by atoms with Crippen molar-refractivity contribution in [2.45, 2.75) is 6.92 Å². The first-order valence-electron chi connectivity index (χ1n) is 8.85. The lowest BCUT2D eigenvalue weighted by Gasteiger charge is -2.08. The van der Waals surface area contributed by atoms with E-state index in [4.69, 9.17) is 9.47 Å². The van der Waals surface area contributed by atoms with Gasteiger partial charge in [0.15, 0.2) is 16.6 Å². The summed E-state index contributed by atoms with van der Waals surface area (Å²) >= 11 is 1.31. The van der Waals surface area contributed by atoms with E-state index in [1.807, 2.05) is 19.1 Å². The first-order valence-corrected chi connectivity index (χ1v) is 9.67. The molecule has 1 amide bonds. The van der Waals surface area contributed by atoms with Crippen LogP contribution in [0.3, 0.4) is 0 Å². The van der Waals surface area contributed by atoms with Gasteiger partial charge in [0, 0.05) is 29.1 Å². The van der Waals surface area contributed by atoms with E-state index in [1.165, 1.54) is 29.5 Å². The molecule has 1 aromatic heterocycles. The maximum atomic E-state index is 12.6. The van der Waals surface area contributed by atoms with Crippen molar-refractivity contribution in [3.05, 3.63) is 57.0 Å². The van der Waals surface area contributed by atoms with E-state index in [0.29, 0.717) is 28.0 Å². The number of nitrogens with zero attached hydrogens (tertiary/aromatic N) is 2. The predicted molar refractivity (Wildman–Crippen MR) is 116 cm³/mol. The van der Waals surface area contributed by atoms with Crippen molar-refractivity contribution in [1.29, 1.82) is 0 Å². The predicted octanol–water partition coefficient (Wildman–Crippen LogP) is 4.34. The summed E-state index contributed by atoms with van der Waals surface area (Å²) in [5.74, 6) is 0.701. The molecule has 0 spiro atoms. The largest absolute Gasteiger partial charge is 0.493 e. The Balaban J connectivity index is 1.87. The first-order chi connectivity index (χ1) is 14.4. The number of nitro benzene ring substituents is 1. The zero-order chi connectivity index (χ0) is 21.8. The Morgan fingerprint density at radius 2 is 1.87 bits per heavy atom. The van der Waals surface area contributed by atoms with Crippen LogP contribution in [0.15, 0.2) is 36.4 Å². The quantitative estimate of drug-likeness (QED) is 0.425. The van der Waals surface area contributed by atoms with Crippen LogP contribution in [0.1, 0.15) is 15.2 Å². The van der Waals surface area contributed by atoms with Gasteiger partial charge < -0.3 is 14.8 Å². The second kappa shape index (κ2) is 8.78. The fourth-order valence-corrected chi connectivity index (χ4v) is 3.74. The molecule has 0 aliphatic heterocycles. The molecule has 2 aromatic carbocycles. The van der Waals surface area contributed by atoms with Crippen LogP contribution in [0.4, 0.5) is 16.5 Å². The molecule has 0 radical (unpaired) electrons. The lowest BCUT2D eigenvalue weighted by atomic mass is 10.1. The number of hydrogen-bond donors (Lipinski definition) is 2. The molecule has 0 aliphatic carbocycles. The maximum absolute atomic E-state index is 12.6. The zero-order valence-corrected chi connectivity index (χ0v) is 17.6. The standard InChI is InChI=1S/C20H20N4O5S/c1-11-18(12-6-8-16(28-3)17(10-12)29-4)22-20(30-11)23-19(25)13-5-7-14(21-2)15(9-13)24(26)27/h5-10,21H,1-4H3,(H,22,23,25). The van der Waals surface area contributed by atoms with Gasteiger partial charge in [0.1, 0.15) is 5.69 Å². The van der Waals surface area contributed by atoms with Crippen LogP contribution in [-0.4, -0.2) is 37.1 Å². The average Bonchev–Trinajstić information content (AvgIpc) is 3.12. The number of ether oxygens (including phenoxy) is 2. The van der Waals surface area contributed by atoms with Crippen LogP contribution in [0.5, 0.6) is 11.5 Å². The van der Waals surface area contributed by atoms with Gasteiger partial charge in [-0.3, -0.25) is 20.2 Å². The number of amides is 1. The third-order valence-electron chi connectivity index (χ3n) is 4.40. The van der Waals surface area contributed by atoms with Crippen molar-refractivity contribution in [3.8, 4) is 22.8 Å². The molecule has 0 unspecified atom stereocenters. The number of nitrogens with one attached hydrogen (secondary N) is 2. The molecule has 0 saturated carbocycles. The van der Waals surface area contributed by atoms with Crippen molar-refractivity contribution in [1.82, 2.24) is 4.98 Å². The summed E-state index contributed by atoms with van der Waals surface area (Å²) in [6.45, 7) is 1.89. The summed E-state index contributed by atoms with van der Waals surface area (Å²) in [5, 5.41) is 17.1. The maximum Gasteiger partial charge on any atom is 0.293 e. The highest BCUT2D eigenvalue weighted by Gasteiger charge is 2.19. The monoisotopic (exact) mass is 428 g/mol. The molecule has 0 atom stereocenters. The smallest absolute Gasteiger partial charge is 0.293 e. The van der Waals surface area contributed by atoms with E-state index >= 15 is 0 Å². The summed E-state index contributed by atoms with van der Waals surface area (Å²) in [4.78, 5) is 28.7. The molecule has 0 bridgehead atoms. The lowest BCUT2D eigenvalue weighted by Crippen LogP contribution is -2.12. The molecule has 9 nitrogen and oxygen atoms in total. The number of carbonyl (C=O) groups excluding carboxylic acids is 1. The number of methoxy groups -OCH3 is 2. The average molecular weight is 428 g/mol. The molecule has 1 heterocycles. The molecule has 30 heavy (non-hydrogen) atoms. The number of hydrogen-bond acceptors (Lipinski definition) is 8. The summed E-state index contributed by atoms with van der Waals surface area (Å²) in [5.41, 5.74) is 1.84. The number of benzene rings is 2. The minimum atomic E-state index is -0.536. The Morgan fingerprint density at radius 3 is 2.50 bits per heavy atom. The second-order valence-corrected chi connectivity index (χ2v) is 7.39. The van der Waals surface area contributed by atoms with Crippen molar-refractivity contribution in [3.63, 3.8) is 0 Å². The molecule has 3 rings (SSSR count). The van der Waals surface area contributed by atoms with E-state index in [9.17, 15) is 14.9 Å². The molecule has 0 saturated heterocycles. The van der Waals surface area contributed by atoms with E-state index in [-0.39, 0.29) is 11.3 Å². The highest BCUT2D eigenvalue weighted by Crippen LogP contribution is 2.36. The van der Waals surface area contributed by atoms with Gasteiger partial charge in [-0.2, -0.15) is 0 Å². The number of carbonyl (C=O) groups is 1. The van der Waals surface area contributed by atoms with Gasteiger partial charge in [0.05, 0.1) is 24.8 Å². The number of aromatic nitrogens is 1. The summed E-state index contributed by atoms with van der Waals surface area (Å²) in [6, 6.07) is 9.70. The van der Waals surface area contributed by atoms with Gasteiger partial charge in [0.25, 0.3) is 11.6 Å². The van der Waals surface area contributed by atoms with Crippen LogP contribution >= 0.6 is 11.3 Å². The van der Waals surface area contributed by atoms with Crippen molar-refractivity contribution < 1.29 is 19.2 Å². The summed E-state index contributed by atoms with van der Waals surface area (Å²) in [7, 11) is 4.70. The van der Waals surface area contributed by atoms with E-state index in [2.05, 4.69) is 15.6 Å². The fraction of sp³-hybridized carbons (Fsp3) is 0.200. The highest BCUT2D eigenvalue weighted by atomic mass is 32.1. The van der Waals surface area contributed by atoms with Gasteiger partial charge in [-0.15, -0.1) is 11.3 Å². The van der Waals surface area contributed by atoms with Gasteiger partial charge in [-0.05, 0) is 37.3 Å². The summed E-state index contributed by atoms with van der Waals surface area (Å²) in [6.07, 6.45) is 0. The lowest BCUT2D eigenvalue weighted by molar-refractivity contribution is -0.384. The molecule has 10 heteroatoms. The van der Waals surface area contributed by atoms with E-state index in [1.54, 1.807) is 27.3 Å². The molecular formula is C20H20N4O5S. The van der Waals surface area contributed by atoms with Crippen LogP contribution in [0, 0.1) is 17.0 Å². The number of nitro groups is 1. The summed E-state index contributed by atoms with van der Waals surface area (Å²) < 4.78 is 10.6. The van der Waals surface area contributed by atoms with Crippen LogP contribution in [0.25, 0.3) is 11.3 Å². The van der Waals surface area contributed by atoms with Crippen molar-refractivity contribution >= 4 is 33.8 Å². The Kier molecular flexibility index (Phi) is 6.17. The highest BCUT2D eigenvalue weighted by molar-refractivity contribution is 7.16. The van der Waals surface area contributed by atoms with Crippen molar-refractivity contribution in [2.24, 2.45) is 0 Å². The molecular weight excluding hydrogens is 408 g/mol. The van der Waals surface area contributed by atoms with Crippen LogP contribution in [0.2, 0.25) is 0 Å². The first kappa shape index (κ1) is 21.1. The molecule has 156 valence electrons. The minimum Gasteiger partial charge on any atom is -0.493 e. The van der Waals surface area contributed by atoms with E-state index < -0.39 is 10.8 Å². The molecule has 2 N–H and O–H groups in total. The van der Waals surface area contributed by atoms with Gasteiger partial charge in [-0.1, -0.05) is 0 Å². The minimum absolute atomic E-state index is 0.168. The number of anilines is 2. The Morgan fingerprint density at radius 1 is 1.13 bits per heavy atom. The zero-order valence-electron chi connectivity index (χ0n) is 16.8. The van der Waals surface area contributed by atoms with Gasteiger partial charge >= 0.3 is 0 Å². The van der Waals surface area contributed by atoms with E-state index in [0.717, 1.165) is 10.4 Å². The second-order valence-electron chi connectivity index (χ2n) is 6.19. The Bertz CT molecular complexity index is 1110. The SMILES string of the molecule is CNc1ccc(C(=O)Nc2nc(-c3ccc(OC)c(OC)c3)c(C)s2)cc1[N+](=O)[O-]. The van der Waals surface area contributed by atoms with Gasteiger partial charge in [-0.25, -0.2) is 4.98 Å². The topological polar surface area (TPSA) is 116 Å². The number of aryl methyl sites for hydroxylation is 1. The number of thiazole rings is 1. The molecule has 3 aromatic rings. The van der Waals surface area contributed by atoms with Crippen molar-refractivity contribution in [2.75, 3.05) is 31.9 Å². The van der Waals surface area contributed by atoms with Crippen LogP contribution < -0.4 is 20.1 Å². The third-order valence-corrected chi connectivity index (χ3v) is 5.29. The normalized spacial score (nSPS) is 10.4.